The van der Waals surface area contributed by atoms with Crippen LogP contribution >= 0.6 is 0 Å². The molecule has 0 saturated carbocycles. The summed E-state index contributed by atoms with van der Waals surface area (Å²) >= 11 is 0. The maximum Gasteiger partial charge on any atom is 0.338 e. The fraction of sp³-hybridized carbons (Fsp3) is 0.333. The molecule has 2 aliphatic rings. The van der Waals surface area contributed by atoms with E-state index in [0.29, 0.717) is 5.56 Å². The standard InChI is InChI=1S/C24H24N2O5/c27-21(25-20-7-3-5-17-4-1-2-6-19(17)20)15-31-24(30)18-10-8-16(9-11-18)14-26-22(28)12-13-23(26)29/h1-2,4,6,8-11,20H,3,5,7,12-15H2,(H,25,27). The van der Waals surface area contributed by atoms with Crippen molar-refractivity contribution < 1.29 is 23.9 Å². The van der Waals surface area contributed by atoms with Crippen molar-refractivity contribution in [2.75, 3.05) is 6.61 Å². The van der Waals surface area contributed by atoms with Crippen LogP contribution in [0.2, 0.25) is 0 Å². The van der Waals surface area contributed by atoms with Crippen molar-refractivity contribution in [3.05, 3.63) is 70.8 Å². The monoisotopic (exact) mass is 420 g/mol. The maximum absolute atomic E-state index is 12.3. The van der Waals surface area contributed by atoms with Crippen LogP contribution in [0.5, 0.6) is 0 Å². The second-order valence-corrected chi connectivity index (χ2v) is 7.86. The van der Waals surface area contributed by atoms with Crippen LogP contribution in [-0.4, -0.2) is 35.2 Å². The van der Waals surface area contributed by atoms with Crippen molar-refractivity contribution in [2.24, 2.45) is 0 Å². The minimum atomic E-state index is -0.598. The fourth-order valence-electron chi connectivity index (χ4n) is 4.08. The lowest BCUT2D eigenvalue weighted by Crippen LogP contribution is -2.34. The number of hydrogen-bond acceptors (Lipinski definition) is 5. The summed E-state index contributed by atoms with van der Waals surface area (Å²) in [6.45, 7) is -0.158. The Morgan fingerprint density at radius 2 is 1.68 bits per heavy atom. The number of ether oxygens (including phenoxy) is 1. The Hall–Kier alpha value is -3.48. The van der Waals surface area contributed by atoms with Crippen LogP contribution in [0, 0.1) is 0 Å². The lowest BCUT2D eigenvalue weighted by atomic mass is 9.88. The topological polar surface area (TPSA) is 92.8 Å². The third-order valence-electron chi connectivity index (χ3n) is 5.72. The number of fused-ring (bicyclic) bond motifs is 1. The van der Waals surface area contributed by atoms with Gasteiger partial charge in [0.15, 0.2) is 6.61 Å². The summed E-state index contributed by atoms with van der Waals surface area (Å²) in [5, 5.41) is 2.95. The molecule has 2 aromatic carbocycles. The molecule has 160 valence electrons. The maximum atomic E-state index is 12.3. The van der Waals surface area contributed by atoms with Crippen LogP contribution in [0.4, 0.5) is 0 Å². The summed E-state index contributed by atoms with van der Waals surface area (Å²) in [6.07, 6.45) is 3.37. The van der Waals surface area contributed by atoms with Gasteiger partial charge in [-0.3, -0.25) is 19.3 Å². The molecule has 1 aliphatic heterocycles. The molecule has 1 unspecified atom stereocenters. The summed E-state index contributed by atoms with van der Waals surface area (Å²) in [5.74, 6) is -1.29. The number of carbonyl (C=O) groups excluding carboxylic acids is 4. The molecule has 2 aromatic rings. The zero-order valence-electron chi connectivity index (χ0n) is 17.1. The van der Waals surface area contributed by atoms with Gasteiger partial charge in [-0.25, -0.2) is 4.79 Å². The van der Waals surface area contributed by atoms with E-state index in [2.05, 4.69) is 11.4 Å². The van der Waals surface area contributed by atoms with Crippen molar-refractivity contribution in [1.82, 2.24) is 10.2 Å². The van der Waals surface area contributed by atoms with Gasteiger partial charge in [0.25, 0.3) is 5.91 Å². The largest absolute Gasteiger partial charge is 0.452 e. The van der Waals surface area contributed by atoms with E-state index in [4.69, 9.17) is 4.74 Å². The zero-order chi connectivity index (χ0) is 21.8. The van der Waals surface area contributed by atoms with Gasteiger partial charge in [0.1, 0.15) is 0 Å². The molecule has 1 fully saturated rings. The first-order chi connectivity index (χ1) is 15.0. The van der Waals surface area contributed by atoms with Crippen molar-refractivity contribution in [1.29, 1.82) is 0 Å². The predicted octanol–water partition coefficient (Wildman–Crippen LogP) is 2.69. The fourth-order valence-corrected chi connectivity index (χ4v) is 4.08. The van der Waals surface area contributed by atoms with Gasteiger partial charge in [0.05, 0.1) is 18.2 Å². The van der Waals surface area contributed by atoms with Crippen molar-refractivity contribution in [2.45, 2.75) is 44.7 Å². The third-order valence-corrected chi connectivity index (χ3v) is 5.72. The van der Waals surface area contributed by atoms with E-state index < -0.39 is 5.97 Å². The Morgan fingerprint density at radius 1 is 0.968 bits per heavy atom. The van der Waals surface area contributed by atoms with E-state index >= 15 is 0 Å². The van der Waals surface area contributed by atoms with Crippen LogP contribution in [0.15, 0.2) is 48.5 Å². The number of hydrogen-bond donors (Lipinski definition) is 1. The molecule has 7 nitrogen and oxygen atoms in total. The number of aryl methyl sites for hydroxylation is 1. The van der Waals surface area contributed by atoms with E-state index in [1.165, 1.54) is 10.5 Å². The van der Waals surface area contributed by atoms with Gasteiger partial charge >= 0.3 is 5.97 Å². The van der Waals surface area contributed by atoms with Crippen LogP contribution in [0.25, 0.3) is 0 Å². The minimum Gasteiger partial charge on any atom is -0.452 e. The first-order valence-corrected chi connectivity index (χ1v) is 10.5. The van der Waals surface area contributed by atoms with E-state index in [9.17, 15) is 19.2 Å². The number of carbonyl (C=O) groups is 4. The Balaban J connectivity index is 1.28. The smallest absolute Gasteiger partial charge is 0.338 e. The Labute approximate surface area is 180 Å². The minimum absolute atomic E-state index is 0.0635. The Morgan fingerprint density at radius 3 is 2.42 bits per heavy atom. The number of nitrogens with one attached hydrogen (secondary N) is 1. The highest BCUT2D eigenvalue weighted by molar-refractivity contribution is 6.01. The number of amides is 3. The van der Waals surface area contributed by atoms with Crippen molar-refractivity contribution in [3.8, 4) is 0 Å². The van der Waals surface area contributed by atoms with Gasteiger partial charge in [0, 0.05) is 12.8 Å². The lowest BCUT2D eigenvalue weighted by Gasteiger charge is -2.26. The molecular weight excluding hydrogens is 396 g/mol. The quantitative estimate of drug-likeness (QED) is 0.573. The molecule has 4 rings (SSSR count). The highest BCUT2D eigenvalue weighted by Gasteiger charge is 2.28. The molecule has 0 spiro atoms. The summed E-state index contributed by atoms with van der Waals surface area (Å²) < 4.78 is 5.16. The molecule has 1 saturated heterocycles. The molecule has 1 heterocycles. The molecule has 1 aliphatic carbocycles. The first kappa shape index (κ1) is 20.8. The SMILES string of the molecule is O=C(COC(=O)c1ccc(CN2C(=O)CCC2=O)cc1)NC1CCCc2ccccc21. The van der Waals surface area contributed by atoms with Crippen LogP contribution in [0.1, 0.15) is 58.8 Å². The van der Waals surface area contributed by atoms with Crippen LogP contribution < -0.4 is 5.32 Å². The molecule has 0 radical (unpaired) electrons. The highest BCUT2D eigenvalue weighted by Crippen LogP contribution is 2.29. The molecule has 0 bridgehead atoms. The Bertz CT molecular complexity index is 999. The third kappa shape index (κ3) is 4.82. The van der Waals surface area contributed by atoms with Gasteiger partial charge in [-0.1, -0.05) is 36.4 Å². The van der Waals surface area contributed by atoms with E-state index in [1.807, 2.05) is 18.2 Å². The molecule has 1 atom stereocenters. The molecular formula is C24H24N2O5. The van der Waals surface area contributed by atoms with Gasteiger partial charge in [-0.2, -0.15) is 0 Å². The van der Waals surface area contributed by atoms with Crippen LogP contribution in [-0.2, 0) is 32.1 Å². The molecule has 7 heteroatoms. The average Bonchev–Trinajstić information content (AvgIpc) is 3.10. The lowest BCUT2D eigenvalue weighted by molar-refractivity contribution is -0.139. The molecule has 0 aromatic heterocycles. The van der Waals surface area contributed by atoms with Gasteiger partial charge in [0.2, 0.25) is 11.8 Å². The number of esters is 1. The highest BCUT2D eigenvalue weighted by atomic mass is 16.5. The second kappa shape index (κ2) is 9.12. The summed E-state index contributed by atoms with van der Waals surface area (Å²) in [6, 6.07) is 14.5. The van der Waals surface area contributed by atoms with Crippen LogP contribution in [0.3, 0.4) is 0 Å². The van der Waals surface area contributed by atoms with E-state index in [1.54, 1.807) is 24.3 Å². The summed E-state index contributed by atoms with van der Waals surface area (Å²) in [5.41, 5.74) is 3.42. The summed E-state index contributed by atoms with van der Waals surface area (Å²) in [7, 11) is 0. The van der Waals surface area contributed by atoms with Gasteiger partial charge in [-0.05, 0) is 48.1 Å². The van der Waals surface area contributed by atoms with Gasteiger partial charge in [-0.15, -0.1) is 0 Å². The van der Waals surface area contributed by atoms with E-state index in [0.717, 1.165) is 30.4 Å². The first-order valence-electron chi connectivity index (χ1n) is 10.5. The molecule has 1 N–H and O–H groups in total. The number of rotatable bonds is 6. The number of benzene rings is 2. The second-order valence-electron chi connectivity index (χ2n) is 7.86. The average molecular weight is 420 g/mol. The van der Waals surface area contributed by atoms with Crippen molar-refractivity contribution in [3.63, 3.8) is 0 Å². The molecule has 31 heavy (non-hydrogen) atoms. The predicted molar refractivity (Wildman–Crippen MR) is 112 cm³/mol. The summed E-state index contributed by atoms with van der Waals surface area (Å²) in [4.78, 5) is 49.2. The number of imide groups is 1. The Kier molecular flexibility index (Phi) is 6.11. The number of nitrogens with zero attached hydrogens (tertiary/aromatic N) is 1. The van der Waals surface area contributed by atoms with Gasteiger partial charge < -0.3 is 10.1 Å². The molecule has 3 amide bonds. The van der Waals surface area contributed by atoms with Crippen molar-refractivity contribution >= 4 is 23.7 Å². The normalized spacial score (nSPS) is 17.9. The van der Waals surface area contributed by atoms with E-state index in [-0.39, 0.29) is 49.8 Å². The number of likely N-dealkylation sites (tertiary alicyclic amines) is 1. The zero-order valence-corrected chi connectivity index (χ0v) is 17.1.